The lowest BCUT2D eigenvalue weighted by molar-refractivity contribution is 0.0639. The number of aliphatic hydroxyl groups is 1. The van der Waals surface area contributed by atoms with E-state index in [2.05, 4.69) is 0 Å². The van der Waals surface area contributed by atoms with Gasteiger partial charge in [-0.1, -0.05) is 39.0 Å². The van der Waals surface area contributed by atoms with E-state index in [-0.39, 0.29) is 12.0 Å². The molecule has 0 aliphatic heterocycles. The number of benzene rings is 1. The van der Waals surface area contributed by atoms with Crippen LogP contribution in [0, 0.1) is 0 Å². The largest absolute Gasteiger partial charge is 0.389 e. The van der Waals surface area contributed by atoms with Gasteiger partial charge in [0.25, 0.3) is 0 Å². The highest BCUT2D eigenvalue weighted by molar-refractivity contribution is 7.89. The van der Waals surface area contributed by atoms with Crippen LogP contribution in [0.1, 0.15) is 40.2 Å². The molecule has 0 aliphatic rings. The van der Waals surface area contributed by atoms with E-state index in [0.29, 0.717) is 4.90 Å². The molecule has 0 bridgehead atoms. The van der Waals surface area contributed by atoms with Crippen LogP contribution in [0.25, 0.3) is 0 Å². The Morgan fingerprint density at radius 3 is 2.05 bits per heavy atom. The molecular formula is C15H25NO3S. The van der Waals surface area contributed by atoms with Crippen LogP contribution < -0.4 is 0 Å². The number of sulfonamides is 1. The van der Waals surface area contributed by atoms with Gasteiger partial charge in [-0.15, -0.1) is 0 Å². The van der Waals surface area contributed by atoms with Gasteiger partial charge in [-0.2, -0.15) is 4.31 Å². The quantitative estimate of drug-likeness (QED) is 0.928. The summed E-state index contributed by atoms with van der Waals surface area (Å²) >= 11 is 0. The smallest absolute Gasteiger partial charge is 0.243 e. The predicted molar refractivity (Wildman–Crippen MR) is 81.3 cm³/mol. The molecule has 0 fully saturated rings. The molecule has 4 nitrogen and oxygen atoms in total. The highest BCUT2D eigenvalue weighted by Gasteiger charge is 2.30. The van der Waals surface area contributed by atoms with Crippen LogP contribution in [0.2, 0.25) is 0 Å². The number of rotatable bonds is 4. The second kappa shape index (κ2) is 5.47. The van der Waals surface area contributed by atoms with E-state index in [0.717, 1.165) is 5.56 Å². The van der Waals surface area contributed by atoms with Crippen LogP contribution in [0.5, 0.6) is 0 Å². The SMILES string of the molecule is CN(CC(C)(C)O)S(=O)(=O)c1ccccc1C(C)(C)C. The number of nitrogens with zero attached hydrogens (tertiary/aromatic N) is 1. The third-order valence-electron chi connectivity index (χ3n) is 2.99. The van der Waals surface area contributed by atoms with Crippen LogP contribution in [0.15, 0.2) is 29.2 Å². The summed E-state index contributed by atoms with van der Waals surface area (Å²) in [7, 11) is -2.12. The average Bonchev–Trinajstić information content (AvgIpc) is 2.25. The van der Waals surface area contributed by atoms with Crippen LogP contribution in [0.4, 0.5) is 0 Å². The minimum atomic E-state index is -3.61. The highest BCUT2D eigenvalue weighted by Crippen LogP contribution is 2.30. The Balaban J connectivity index is 3.30. The average molecular weight is 299 g/mol. The molecule has 20 heavy (non-hydrogen) atoms. The third kappa shape index (κ3) is 4.04. The second-order valence-electron chi connectivity index (χ2n) is 6.82. The molecule has 1 N–H and O–H groups in total. The summed E-state index contributed by atoms with van der Waals surface area (Å²) in [5.41, 5.74) is -0.555. The van der Waals surface area contributed by atoms with E-state index in [9.17, 15) is 13.5 Å². The molecule has 1 rings (SSSR count). The van der Waals surface area contributed by atoms with Crippen molar-refractivity contribution in [2.45, 2.75) is 50.5 Å². The Morgan fingerprint density at radius 2 is 1.60 bits per heavy atom. The van der Waals surface area contributed by atoms with Crippen molar-refractivity contribution in [1.82, 2.24) is 4.31 Å². The van der Waals surface area contributed by atoms with Gasteiger partial charge in [-0.05, 0) is 30.9 Å². The van der Waals surface area contributed by atoms with E-state index in [1.165, 1.54) is 11.4 Å². The maximum atomic E-state index is 12.7. The van der Waals surface area contributed by atoms with E-state index < -0.39 is 15.6 Å². The second-order valence-corrected chi connectivity index (χ2v) is 8.83. The first kappa shape index (κ1) is 17.1. The normalized spacial score (nSPS) is 13.8. The summed E-state index contributed by atoms with van der Waals surface area (Å²) in [6, 6.07) is 7.03. The zero-order valence-electron chi connectivity index (χ0n) is 13.1. The van der Waals surface area contributed by atoms with Crippen molar-refractivity contribution in [3.05, 3.63) is 29.8 Å². The van der Waals surface area contributed by atoms with Crippen molar-refractivity contribution >= 4 is 10.0 Å². The summed E-state index contributed by atoms with van der Waals surface area (Å²) in [6.45, 7) is 9.18. The van der Waals surface area contributed by atoms with Crippen molar-refractivity contribution in [3.63, 3.8) is 0 Å². The van der Waals surface area contributed by atoms with Gasteiger partial charge in [0, 0.05) is 13.6 Å². The minimum Gasteiger partial charge on any atom is -0.389 e. The van der Waals surface area contributed by atoms with Gasteiger partial charge < -0.3 is 5.11 Å². The summed E-state index contributed by atoms with van der Waals surface area (Å²) < 4.78 is 26.6. The minimum absolute atomic E-state index is 0.0494. The van der Waals surface area contributed by atoms with Crippen molar-refractivity contribution in [2.24, 2.45) is 0 Å². The molecule has 0 atom stereocenters. The molecule has 1 aromatic carbocycles. The van der Waals surface area contributed by atoms with Gasteiger partial charge >= 0.3 is 0 Å². The molecule has 0 heterocycles. The number of hydrogen-bond acceptors (Lipinski definition) is 3. The lowest BCUT2D eigenvalue weighted by Crippen LogP contribution is -2.40. The van der Waals surface area contributed by atoms with Crippen LogP contribution in [-0.4, -0.2) is 37.0 Å². The maximum absolute atomic E-state index is 12.7. The predicted octanol–water partition coefficient (Wildman–Crippen LogP) is 2.38. The first-order valence-corrected chi connectivity index (χ1v) is 8.08. The Kier molecular flexibility index (Phi) is 4.69. The molecule has 0 unspecified atom stereocenters. The molecule has 0 amide bonds. The van der Waals surface area contributed by atoms with Crippen LogP contribution in [-0.2, 0) is 15.4 Å². The molecule has 1 aromatic rings. The Morgan fingerprint density at radius 1 is 1.10 bits per heavy atom. The summed E-state index contributed by atoms with van der Waals surface area (Å²) in [5.74, 6) is 0. The molecule has 0 saturated carbocycles. The zero-order chi connectivity index (χ0) is 15.8. The van der Waals surface area contributed by atoms with Crippen molar-refractivity contribution in [3.8, 4) is 0 Å². The molecule has 0 aliphatic carbocycles. The Hall–Kier alpha value is -0.910. The molecule has 0 saturated heterocycles. The van der Waals surface area contributed by atoms with E-state index in [1.807, 2.05) is 32.9 Å². The fraction of sp³-hybridized carbons (Fsp3) is 0.600. The first-order chi connectivity index (χ1) is 8.86. The fourth-order valence-electron chi connectivity index (χ4n) is 2.11. The van der Waals surface area contributed by atoms with Gasteiger partial charge in [0.2, 0.25) is 10.0 Å². The van der Waals surface area contributed by atoms with E-state index in [1.54, 1.807) is 26.0 Å². The molecular weight excluding hydrogens is 274 g/mol. The Bertz CT molecular complexity index is 566. The van der Waals surface area contributed by atoms with Crippen molar-refractivity contribution in [1.29, 1.82) is 0 Å². The summed E-state index contributed by atoms with van der Waals surface area (Å²) in [5, 5.41) is 9.82. The van der Waals surface area contributed by atoms with Gasteiger partial charge in [-0.3, -0.25) is 0 Å². The number of hydrogen-bond donors (Lipinski definition) is 1. The van der Waals surface area contributed by atoms with Gasteiger partial charge in [0.05, 0.1) is 10.5 Å². The molecule has 0 spiro atoms. The fourth-order valence-corrected chi connectivity index (χ4v) is 3.83. The lowest BCUT2D eigenvalue weighted by Gasteiger charge is -2.28. The van der Waals surface area contributed by atoms with E-state index >= 15 is 0 Å². The third-order valence-corrected chi connectivity index (χ3v) is 4.85. The zero-order valence-corrected chi connectivity index (χ0v) is 14.0. The first-order valence-electron chi connectivity index (χ1n) is 6.64. The van der Waals surface area contributed by atoms with Crippen molar-refractivity contribution in [2.75, 3.05) is 13.6 Å². The van der Waals surface area contributed by atoms with Gasteiger partial charge in [0.1, 0.15) is 0 Å². The monoisotopic (exact) mass is 299 g/mol. The Labute approximate surface area is 122 Å². The number of likely N-dealkylation sites (N-methyl/N-ethyl adjacent to an activating group) is 1. The molecule has 114 valence electrons. The lowest BCUT2D eigenvalue weighted by atomic mass is 9.87. The summed E-state index contributed by atoms with van der Waals surface area (Å²) in [6.07, 6.45) is 0. The molecule has 0 aromatic heterocycles. The van der Waals surface area contributed by atoms with Crippen LogP contribution >= 0.6 is 0 Å². The topological polar surface area (TPSA) is 57.6 Å². The molecule has 5 heteroatoms. The molecule has 0 radical (unpaired) electrons. The van der Waals surface area contributed by atoms with Crippen LogP contribution in [0.3, 0.4) is 0 Å². The summed E-state index contributed by atoms with van der Waals surface area (Å²) in [4.78, 5) is 0.305. The maximum Gasteiger partial charge on any atom is 0.243 e. The highest BCUT2D eigenvalue weighted by atomic mass is 32.2. The van der Waals surface area contributed by atoms with Crippen molar-refractivity contribution < 1.29 is 13.5 Å². The van der Waals surface area contributed by atoms with Gasteiger partial charge in [-0.25, -0.2) is 8.42 Å². The van der Waals surface area contributed by atoms with E-state index in [4.69, 9.17) is 0 Å². The van der Waals surface area contributed by atoms with Gasteiger partial charge in [0.15, 0.2) is 0 Å². The standard InChI is InChI=1S/C15H25NO3S/c1-14(2,3)12-9-7-8-10-13(12)20(18,19)16(6)11-15(4,5)17/h7-10,17H,11H2,1-6H3.